The largest absolute Gasteiger partial charge is 0.396 e. The number of pyridine rings is 1. The van der Waals surface area contributed by atoms with Crippen molar-refractivity contribution in [3.05, 3.63) is 34.9 Å². The van der Waals surface area contributed by atoms with Crippen LogP contribution in [0.1, 0.15) is 17.2 Å². The van der Waals surface area contributed by atoms with Gasteiger partial charge in [0.05, 0.1) is 13.2 Å². The van der Waals surface area contributed by atoms with Gasteiger partial charge in [0.2, 0.25) is 0 Å². The van der Waals surface area contributed by atoms with Gasteiger partial charge in [-0.2, -0.15) is 0 Å². The first-order valence-electron chi connectivity index (χ1n) is 7.37. The van der Waals surface area contributed by atoms with Crippen LogP contribution in [-0.4, -0.2) is 38.0 Å². The van der Waals surface area contributed by atoms with Crippen LogP contribution < -0.4 is 4.90 Å². The third kappa shape index (κ3) is 2.08. The fourth-order valence-electron chi connectivity index (χ4n) is 3.04. The predicted molar refractivity (Wildman–Crippen MR) is 86.2 cm³/mol. The zero-order valence-electron chi connectivity index (χ0n) is 12.4. The Kier molecular flexibility index (Phi) is 3.31. The minimum absolute atomic E-state index is 0.108. The molecule has 0 atom stereocenters. The second kappa shape index (κ2) is 5.33. The zero-order chi connectivity index (χ0) is 15.1. The van der Waals surface area contributed by atoms with Gasteiger partial charge in [0.25, 0.3) is 0 Å². The summed E-state index contributed by atoms with van der Waals surface area (Å²) in [5, 5.41) is 21.0. The maximum atomic E-state index is 9.09. The SMILES string of the molecule is Cc1csc2ccnc(N3CCn4c(CCO)nnc4C3)c12. The Morgan fingerprint density at radius 1 is 1.32 bits per heavy atom. The van der Waals surface area contributed by atoms with Crippen LogP contribution in [0.5, 0.6) is 0 Å². The summed E-state index contributed by atoms with van der Waals surface area (Å²) in [7, 11) is 0. The van der Waals surface area contributed by atoms with Crippen molar-refractivity contribution >= 4 is 27.2 Å². The molecule has 0 saturated heterocycles. The van der Waals surface area contributed by atoms with Gasteiger partial charge < -0.3 is 14.6 Å². The molecule has 0 radical (unpaired) electrons. The van der Waals surface area contributed by atoms with Gasteiger partial charge in [-0.05, 0) is 23.9 Å². The van der Waals surface area contributed by atoms with Crippen LogP contribution in [0.2, 0.25) is 0 Å². The number of fused-ring (bicyclic) bond motifs is 2. The molecule has 0 aliphatic carbocycles. The number of hydrogen-bond donors (Lipinski definition) is 1. The minimum atomic E-state index is 0.108. The number of rotatable bonds is 3. The normalized spacial score (nSPS) is 14.5. The molecule has 1 aliphatic heterocycles. The van der Waals surface area contributed by atoms with Gasteiger partial charge in [0, 0.05) is 35.8 Å². The predicted octanol–water partition coefficient (Wildman–Crippen LogP) is 1.75. The van der Waals surface area contributed by atoms with Crippen molar-refractivity contribution in [1.82, 2.24) is 19.7 Å². The summed E-state index contributed by atoms with van der Waals surface area (Å²) >= 11 is 1.76. The molecule has 4 rings (SSSR count). The van der Waals surface area contributed by atoms with Crippen molar-refractivity contribution in [2.45, 2.75) is 26.4 Å². The van der Waals surface area contributed by atoms with Crippen molar-refractivity contribution < 1.29 is 5.11 Å². The highest BCUT2D eigenvalue weighted by Gasteiger charge is 2.23. The fourth-order valence-corrected chi connectivity index (χ4v) is 3.97. The molecule has 22 heavy (non-hydrogen) atoms. The first-order chi connectivity index (χ1) is 10.8. The molecule has 0 aromatic carbocycles. The monoisotopic (exact) mass is 315 g/mol. The third-order valence-corrected chi connectivity index (χ3v) is 5.18. The van der Waals surface area contributed by atoms with Crippen molar-refractivity contribution in [3.63, 3.8) is 0 Å². The first kappa shape index (κ1) is 13.7. The van der Waals surface area contributed by atoms with Gasteiger partial charge in [-0.25, -0.2) is 4.98 Å². The zero-order valence-corrected chi connectivity index (χ0v) is 13.2. The molecule has 3 aromatic rings. The number of aromatic nitrogens is 4. The molecule has 0 unspecified atom stereocenters. The average Bonchev–Trinajstić information content (AvgIpc) is 3.12. The van der Waals surface area contributed by atoms with Gasteiger partial charge in [-0.15, -0.1) is 21.5 Å². The van der Waals surface area contributed by atoms with Gasteiger partial charge in [-0.3, -0.25) is 0 Å². The van der Waals surface area contributed by atoms with E-state index in [4.69, 9.17) is 5.11 Å². The molecule has 0 amide bonds. The number of aryl methyl sites for hydroxylation is 1. The lowest BCUT2D eigenvalue weighted by Gasteiger charge is -2.29. The standard InChI is InChI=1S/C15H17N5OS/c1-10-9-22-11-2-4-16-15(14(10)11)19-5-6-20-12(3-7-21)17-18-13(20)8-19/h2,4,9,21H,3,5-8H2,1H3. The van der Waals surface area contributed by atoms with Crippen LogP contribution in [0, 0.1) is 6.92 Å². The summed E-state index contributed by atoms with van der Waals surface area (Å²) in [6, 6.07) is 2.07. The van der Waals surface area contributed by atoms with E-state index in [0.29, 0.717) is 13.0 Å². The molecule has 0 spiro atoms. The van der Waals surface area contributed by atoms with E-state index in [9.17, 15) is 0 Å². The number of hydrogen-bond acceptors (Lipinski definition) is 6. The van der Waals surface area contributed by atoms with Gasteiger partial charge >= 0.3 is 0 Å². The third-order valence-electron chi connectivity index (χ3n) is 4.11. The molecule has 114 valence electrons. The topological polar surface area (TPSA) is 67.1 Å². The molecule has 0 fully saturated rings. The summed E-state index contributed by atoms with van der Waals surface area (Å²) in [5.74, 6) is 2.85. The van der Waals surface area contributed by atoms with Crippen molar-refractivity contribution in [1.29, 1.82) is 0 Å². The quantitative estimate of drug-likeness (QED) is 0.797. The highest BCUT2D eigenvalue weighted by atomic mass is 32.1. The van der Waals surface area contributed by atoms with Crippen LogP contribution >= 0.6 is 11.3 Å². The maximum Gasteiger partial charge on any atom is 0.152 e. The summed E-state index contributed by atoms with van der Waals surface area (Å²) in [6.45, 7) is 4.66. The van der Waals surface area contributed by atoms with Gasteiger partial charge in [0.15, 0.2) is 5.82 Å². The Labute approximate surface area is 132 Å². The number of thiophene rings is 1. The highest BCUT2D eigenvalue weighted by Crippen LogP contribution is 2.33. The lowest BCUT2D eigenvalue weighted by molar-refractivity contribution is 0.294. The molecule has 0 saturated carbocycles. The molecular weight excluding hydrogens is 298 g/mol. The Bertz CT molecular complexity index is 825. The summed E-state index contributed by atoms with van der Waals surface area (Å²) < 4.78 is 3.39. The van der Waals surface area contributed by atoms with E-state index in [2.05, 4.69) is 43.0 Å². The summed E-state index contributed by atoms with van der Waals surface area (Å²) in [6.07, 6.45) is 2.44. The summed E-state index contributed by atoms with van der Waals surface area (Å²) in [5.41, 5.74) is 1.27. The number of anilines is 1. The lowest BCUT2D eigenvalue weighted by atomic mass is 10.2. The lowest BCUT2D eigenvalue weighted by Crippen LogP contribution is -2.35. The van der Waals surface area contributed by atoms with Gasteiger partial charge in [0.1, 0.15) is 11.6 Å². The van der Waals surface area contributed by atoms with E-state index >= 15 is 0 Å². The minimum Gasteiger partial charge on any atom is -0.396 e. The summed E-state index contributed by atoms with van der Waals surface area (Å²) in [4.78, 5) is 6.89. The van der Waals surface area contributed by atoms with E-state index in [1.807, 2.05) is 6.20 Å². The molecule has 1 aliphatic rings. The van der Waals surface area contributed by atoms with Crippen LogP contribution in [0.15, 0.2) is 17.6 Å². The van der Waals surface area contributed by atoms with Crippen LogP contribution in [-0.2, 0) is 19.5 Å². The Balaban J connectivity index is 1.71. The van der Waals surface area contributed by atoms with Gasteiger partial charge in [-0.1, -0.05) is 0 Å². The molecule has 7 heteroatoms. The maximum absolute atomic E-state index is 9.09. The smallest absolute Gasteiger partial charge is 0.152 e. The highest BCUT2D eigenvalue weighted by molar-refractivity contribution is 7.17. The van der Waals surface area contributed by atoms with E-state index in [0.717, 1.165) is 30.6 Å². The first-order valence-corrected chi connectivity index (χ1v) is 8.25. The molecule has 6 nitrogen and oxygen atoms in total. The van der Waals surface area contributed by atoms with Crippen LogP contribution in [0.4, 0.5) is 5.82 Å². The molecule has 4 heterocycles. The van der Waals surface area contributed by atoms with Crippen LogP contribution in [0.3, 0.4) is 0 Å². The number of aliphatic hydroxyl groups is 1. The number of nitrogens with zero attached hydrogens (tertiary/aromatic N) is 5. The average molecular weight is 315 g/mol. The van der Waals surface area contributed by atoms with Crippen molar-refractivity contribution in [2.24, 2.45) is 0 Å². The Morgan fingerprint density at radius 2 is 2.23 bits per heavy atom. The van der Waals surface area contributed by atoms with E-state index in [1.165, 1.54) is 15.6 Å². The second-order valence-electron chi connectivity index (χ2n) is 5.51. The van der Waals surface area contributed by atoms with E-state index in [-0.39, 0.29) is 6.61 Å². The van der Waals surface area contributed by atoms with Crippen molar-refractivity contribution in [3.8, 4) is 0 Å². The Hall–Kier alpha value is -1.99. The number of aliphatic hydroxyl groups excluding tert-OH is 1. The molecule has 0 bridgehead atoms. The van der Waals surface area contributed by atoms with Crippen molar-refractivity contribution in [2.75, 3.05) is 18.1 Å². The van der Waals surface area contributed by atoms with Crippen LogP contribution in [0.25, 0.3) is 10.1 Å². The fraction of sp³-hybridized carbons (Fsp3) is 0.400. The Morgan fingerprint density at radius 3 is 3.09 bits per heavy atom. The second-order valence-corrected chi connectivity index (χ2v) is 6.42. The van der Waals surface area contributed by atoms with E-state index in [1.54, 1.807) is 11.3 Å². The molecular formula is C15H17N5OS. The molecule has 3 aromatic heterocycles. The van der Waals surface area contributed by atoms with E-state index < -0.39 is 0 Å². The molecule has 1 N–H and O–H groups in total.